The van der Waals surface area contributed by atoms with Crippen LogP contribution in [0.25, 0.3) is 0 Å². The molecule has 0 atom stereocenters. The maximum atomic E-state index is 8.81. The molecule has 0 N–H and O–H groups in total. The van der Waals surface area contributed by atoms with Crippen LogP contribution in [0.2, 0.25) is 0 Å². The molecule has 0 bridgehead atoms. The summed E-state index contributed by atoms with van der Waals surface area (Å²) in [6, 6.07) is 25.4. The van der Waals surface area contributed by atoms with Gasteiger partial charge in [0, 0.05) is 42.0 Å². The number of hydrogen-bond donors (Lipinski definition) is 0. The first-order chi connectivity index (χ1) is 13.1. The zero-order valence-corrected chi connectivity index (χ0v) is 15.3. The fourth-order valence-electron chi connectivity index (χ4n) is 2.40. The lowest BCUT2D eigenvalue weighted by Gasteiger charge is -2.11. The molecule has 0 unspecified atom stereocenters. The molecule has 0 saturated carbocycles. The van der Waals surface area contributed by atoms with Gasteiger partial charge in [-0.3, -0.25) is 0 Å². The maximum Gasteiger partial charge on any atom is 0.0991 e. The fourth-order valence-corrected chi connectivity index (χ4v) is 2.40. The SMILES string of the molecule is CN(C)c1ccc(C#Cc2ccc(C#Cc3ccc(C#N)cc3)cc2)cc1. The van der Waals surface area contributed by atoms with Gasteiger partial charge in [0.05, 0.1) is 11.6 Å². The van der Waals surface area contributed by atoms with Crippen LogP contribution in [0.1, 0.15) is 27.8 Å². The van der Waals surface area contributed by atoms with Gasteiger partial charge in [0.2, 0.25) is 0 Å². The Morgan fingerprint density at radius 3 is 1.11 bits per heavy atom. The molecule has 0 aliphatic rings. The smallest absolute Gasteiger partial charge is 0.0991 e. The van der Waals surface area contributed by atoms with Crippen LogP contribution in [0.15, 0.2) is 72.8 Å². The summed E-state index contributed by atoms with van der Waals surface area (Å²) in [7, 11) is 4.04. The number of rotatable bonds is 1. The summed E-state index contributed by atoms with van der Waals surface area (Å²) in [6.45, 7) is 0. The highest BCUT2D eigenvalue weighted by atomic mass is 15.1. The van der Waals surface area contributed by atoms with Crippen molar-refractivity contribution in [2.24, 2.45) is 0 Å². The van der Waals surface area contributed by atoms with Gasteiger partial charge in [-0.2, -0.15) is 5.26 Å². The maximum absolute atomic E-state index is 8.81. The van der Waals surface area contributed by atoms with Gasteiger partial charge in [-0.05, 0) is 72.8 Å². The molecule has 2 nitrogen and oxygen atoms in total. The second-order valence-electron chi connectivity index (χ2n) is 6.21. The Hall–Kier alpha value is -3.93. The van der Waals surface area contributed by atoms with Crippen molar-refractivity contribution in [3.63, 3.8) is 0 Å². The summed E-state index contributed by atoms with van der Waals surface area (Å²) in [5.74, 6) is 12.6. The van der Waals surface area contributed by atoms with Crippen LogP contribution in [0.3, 0.4) is 0 Å². The highest BCUT2D eigenvalue weighted by Crippen LogP contribution is 2.11. The van der Waals surface area contributed by atoms with Gasteiger partial charge in [0.15, 0.2) is 0 Å². The lowest BCUT2D eigenvalue weighted by Crippen LogP contribution is -2.07. The molecule has 0 fully saturated rings. The normalized spacial score (nSPS) is 9.22. The van der Waals surface area contributed by atoms with Crippen LogP contribution < -0.4 is 4.90 Å². The summed E-state index contributed by atoms with van der Waals surface area (Å²) in [5, 5.41) is 8.81. The van der Waals surface area contributed by atoms with Crippen molar-refractivity contribution in [1.29, 1.82) is 5.26 Å². The standard InChI is InChI=1S/C25H18N2/c1-27(2)25-17-15-23(16-18-25)10-9-21-5-3-20(4-6-21)7-8-22-11-13-24(19-26)14-12-22/h3-6,11-18H,1-2H3. The van der Waals surface area contributed by atoms with Crippen LogP contribution in [-0.2, 0) is 0 Å². The quantitative estimate of drug-likeness (QED) is 0.610. The van der Waals surface area contributed by atoms with Crippen molar-refractivity contribution < 1.29 is 0 Å². The first-order valence-corrected chi connectivity index (χ1v) is 8.56. The Morgan fingerprint density at radius 2 is 0.815 bits per heavy atom. The monoisotopic (exact) mass is 346 g/mol. The number of benzene rings is 3. The molecule has 3 rings (SSSR count). The number of anilines is 1. The second kappa shape index (κ2) is 8.44. The van der Waals surface area contributed by atoms with Crippen LogP contribution in [-0.4, -0.2) is 14.1 Å². The average Bonchev–Trinajstić information content (AvgIpc) is 2.72. The molecule has 0 aliphatic heterocycles. The van der Waals surface area contributed by atoms with Crippen molar-refractivity contribution >= 4 is 5.69 Å². The largest absolute Gasteiger partial charge is 0.378 e. The molecule has 128 valence electrons. The van der Waals surface area contributed by atoms with Gasteiger partial charge in [0.1, 0.15) is 0 Å². The van der Waals surface area contributed by atoms with E-state index in [1.807, 2.05) is 62.6 Å². The highest BCUT2D eigenvalue weighted by Gasteiger charge is 1.94. The summed E-state index contributed by atoms with van der Waals surface area (Å²) in [5.41, 5.74) is 5.56. The van der Waals surface area contributed by atoms with E-state index in [2.05, 4.69) is 46.8 Å². The Labute approximate surface area is 160 Å². The van der Waals surface area contributed by atoms with Gasteiger partial charge < -0.3 is 4.90 Å². The molecule has 2 heteroatoms. The van der Waals surface area contributed by atoms with E-state index >= 15 is 0 Å². The van der Waals surface area contributed by atoms with Crippen LogP contribution in [0.4, 0.5) is 5.69 Å². The molecule has 0 aliphatic carbocycles. The molecule has 27 heavy (non-hydrogen) atoms. The molecule has 0 amide bonds. The van der Waals surface area contributed by atoms with Crippen LogP contribution >= 0.6 is 0 Å². The van der Waals surface area contributed by atoms with Gasteiger partial charge in [-0.1, -0.05) is 23.7 Å². The predicted octanol–water partition coefficient (Wildman–Crippen LogP) is 4.42. The van der Waals surface area contributed by atoms with Crippen LogP contribution in [0, 0.1) is 35.0 Å². The Bertz CT molecular complexity index is 1070. The van der Waals surface area contributed by atoms with Crippen LogP contribution in [0.5, 0.6) is 0 Å². The third-order valence-corrected chi connectivity index (χ3v) is 3.98. The number of nitriles is 1. The number of nitrogens with zero attached hydrogens (tertiary/aromatic N) is 2. The van der Waals surface area contributed by atoms with Gasteiger partial charge in [-0.15, -0.1) is 0 Å². The van der Waals surface area contributed by atoms with Crippen molar-refractivity contribution in [2.45, 2.75) is 0 Å². The average molecular weight is 346 g/mol. The summed E-state index contributed by atoms with van der Waals surface area (Å²) in [4.78, 5) is 2.06. The van der Waals surface area contributed by atoms with E-state index in [1.165, 1.54) is 0 Å². The highest BCUT2D eigenvalue weighted by molar-refractivity contribution is 5.52. The Kier molecular flexibility index (Phi) is 5.59. The second-order valence-corrected chi connectivity index (χ2v) is 6.21. The topological polar surface area (TPSA) is 27.0 Å². The van der Waals surface area contributed by atoms with E-state index < -0.39 is 0 Å². The van der Waals surface area contributed by atoms with Gasteiger partial charge in [-0.25, -0.2) is 0 Å². The van der Waals surface area contributed by atoms with Gasteiger partial charge >= 0.3 is 0 Å². The Balaban J connectivity index is 1.69. The van der Waals surface area contributed by atoms with Gasteiger partial charge in [0.25, 0.3) is 0 Å². The van der Waals surface area contributed by atoms with E-state index in [1.54, 1.807) is 12.1 Å². The van der Waals surface area contributed by atoms with Crippen molar-refractivity contribution in [1.82, 2.24) is 0 Å². The molecule has 0 aromatic heterocycles. The molecular weight excluding hydrogens is 328 g/mol. The van der Waals surface area contributed by atoms with E-state index in [-0.39, 0.29) is 0 Å². The first kappa shape index (κ1) is 17.9. The van der Waals surface area contributed by atoms with E-state index in [4.69, 9.17) is 5.26 Å². The molecule has 0 saturated heterocycles. The first-order valence-electron chi connectivity index (χ1n) is 8.56. The minimum Gasteiger partial charge on any atom is -0.378 e. The predicted molar refractivity (Wildman–Crippen MR) is 110 cm³/mol. The molecule has 0 radical (unpaired) electrons. The van der Waals surface area contributed by atoms with Crippen molar-refractivity contribution in [3.8, 4) is 29.8 Å². The summed E-state index contributed by atoms with van der Waals surface area (Å²) >= 11 is 0. The van der Waals surface area contributed by atoms with Crippen molar-refractivity contribution in [2.75, 3.05) is 19.0 Å². The van der Waals surface area contributed by atoms with Crippen molar-refractivity contribution in [3.05, 3.63) is 101 Å². The van der Waals surface area contributed by atoms with E-state index in [9.17, 15) is 0 Å². The Morgan fingerprint density at radius 1 is 0.519 bits per heavy atom. The minimum atomic E-state index is 0.639. The lowest BCUT2D eigenvalue weighted by atomic mass is 10.1. The van der Waals surface area contributed by atoms with E-state index in [0.29, 0.717) is 5.56 Å². The number of hydrogen-bond acceptors (Lipinski definition) is 2. The minimum absolute atomic E-state index is 0.639. The summed E-state index contributed by atoms with van der Waals surface area (Å²) < 4.78 is 0. The fraction of sp³-hybridized carbons (Fsp3) is 0.0800. The lowest BCUT2D eigenvalue weighted by molar-refractivity contribution is 1.13. The van der Waals surface area contributed by atoms with E-state index in [0.717, 1.165) is 27.9 Å². The summed E-state index contributed by atoms with van der Waals surface area (Å²) in [6.07, 6.45) is 0. The zero-order chi connectivity index (χ0) is 19.1. The molecule has 0 spiro atoms. The molecule has 3 aromatic carbocycles. The zero-order valence-electron chi connectivity index (χ0n) is 15.3. The molecule has 3 aromatic rings. The molecule has 0 heterocycles. The third kappa shape index (κ3) is 5.02. The third-order valence-electron chi connectivity index (χ3n) is 3.98. The molecular formula is C25H18N2.